The zero-order valence-corrected chi connectivity index (χ0v) is 18.4. The van der Waals surface area contributed by atoms with E-state index in [2.05, 4.69) is 11.9 Å². The number of likely N-dealkylation sites (tertiary alicyclic amines) is 1. The number of benzene rings is 2. The number of fused-ring (bicyclic) bond motifs is 3. The molecule has 2 aliphatic rings. The number of carbonyl (C=O) groups excluding carboxylic acids is 2. The summed E-state index contributed by atoms with van der Waals surface area (Å²) in [4.78, 5) is 38.5. The topological polar surface area (TPSA) is 95.9 Å². The maximum atomic E-state index is 12.9. The van der Waals surface area contributed by atoms with E-state index in [4.69, 9.17) is 4.74 Å². The number of piperidine rings is 1. The van der Waals surface area contributed by atoms with Crippen molar-refractivity contribution in [2.45, 2.75) is 31.2 Å². The monoisotopic (exact) mass is 448 g/mol. The van der Waals surface area contributed by atoms with Gasteiger partial charge in [0.2, 0.25) is 5.91 Å². The average molecular weight is 449 g/mol. The number of amides is 2. The van der Waals surface area contributed by atoms with Crippen molar-refractivity contribution in [1.82, 2.24) is 10.2 Å². The highest BCUT2D eigenvalue weighted by Gasteiger charge is 2.32. The number of aliphatic carboxylic acids is 1. The van der Waals surface area contributed by atoms with Gasteiger partial charge in [-0.05, 0) is 41.0 Å². The third-order valence-electron chi connectivity index (χ3n) is 6.50. The van der Waals surface area contributed by atoms with Crippen LogP contribution in [-0.2, 0) is 14.3 Å². The van der Waals surface area contributed by atoms with Crippen LogP contribution in [-0.4, -0.2) is 53.7 Å². The normalized spacial score (nSPS) is 16.4. The lowest BCUT2D eigenvalue weighted by Crippen LogP contribution is -2.51. The summed E-state index contributed by atoms with van der Waals surface area (Å²) in [6.07, 6.45) is 2.15. The molecular formula is C26H28N2O5. The molecule has 2 aromatic carbocycles. The van der Waals surface area contributed by atoms with E-state index in [0.29, 0.717) is 19.0 Å². The van der Waals surface area contributed by atoms with Gasteiger partial charge in [0.25, 0.3) is 0 Å². The number of ether oxygens (including phenoxy) is 1. The number of hydrogen-bond donors (Lipinski definition) is 2. The molecule has 1 aliphatic carbocycles. The van der Waals surface area contributed by atoms with E-state index in [-0.39, 0.29) is 12.5 Å². The number of nitrogens with zero attached hydrogens (tertiary/aromatic N) is 1. The Hall–Kier alpha value is -3.61. The van der Waals surface area contributed by atoms with Gasteiger partial charge < -0.3 is 20.1 Å². The lowest BCUT2D eigenvalue weighted by molar-refractivity contribution is -0.143. The Kier molecular flexibility index (Phi) is 6.77. The van der Waals surface area contributed by atoms with Crippen LogP contribution in [0.15, 0.2) is 61.2 Å². The molecule has 1 aliphatic heterocycles. The highest BCUT2D eigenvalue weighted by molar-refractivity contribution is 5.89. The van der Waals surface area contributed by atoms with E-state index in [9.17, 15) is 19.5 Å². The number of alkyl carbamates (subject to hydrolysis) is 1. The van der Waals surface area contributed by atoms with E-state index >= 15 is 0 Å². The summed E-state index contributed by atoms with van der Waals surface area (Å²) in [5, 5.41) is 11.8. The van der Waals surface area contributed by atoms with E-state index in [1.807, 2.05) is 54.6 Å². The molecular weight excluding hydrogens is 420 g/mol. The molecule has 1 heterocycles. The average Bonchev–Trinajstić information content (AvgIpc) is 3.15. The summed E-state index contributed by atoms with van der Waals surface area (Å²) in [5.74, 6) is -1.32. The second-order valence-corrected chi connectivity index (χ2v) is 8.52. The fourth-order valence-electron chi connectivity index (χ4n) is 4.73. The van der Waals surface area contributed by atoms with Gasteiger partial charge in [0.15, 0.2) is 0 Å². The summed E-state index contributed by atoms with van der Waals surface area (Å²) in [6.45, 7) is 4.91. The van der Waals surface area contributed by atoms with Crippen molar-refractivity contribution < 1.29 is 24.2 Å². The van der Waals surface area contributed by atoms with Gasteiger partial charge in [-0.3, -0.25) is 9.59 Å². The van der Waals surface area contributed by atoms with Gasteiger partial charge in [0, 0.05) is 19.0 Å². The maximum absolute atomic E-state index is 12.9. The van der Waals surface area contributed by atoms with Gasteiger partial charge in [-0.1, -0.05) is 54.6 Å². The van der Waals surface area contributed by atoms with E-state index in [1.54, 1.807) is 4.90 Å². The molecule has 2 amide bonds. The molecule has 0 aromatic heterocycles. The number of nitrogens with one attached hydrogen (secondary N) is 1. The summed E-state index contributed by atoms with van der Waals surface area (Å²) in [6, 6.07) is 14.8. The fraction of sp³-hybridized carbons (Fsp3) is 0.346. The first kappa shape index (κ1) is 22.6. The van der Waals surface area contributed by atoms with Crippen LogP contribution in [0.3, 0.4) is 0 Å². The SMILES string of the molecule is C=CC1CCN(C(=O)C(CC(=O)O)NC(=O)OCC2c3ccccc3-c3ccccc32)CC1. The zero-order chi connectivity index (χ0) is 23.4. The Morgan fingerprint density at radius 2 is 1.64 bits per heavy atom. The van der Waals surface area contributed by atoms with Crippen molar-refractivity contribution >= 4 is 18.0 Å². The number of carboxylic acids is 1. The molecule has 7 nitrogen and oxygen atoms in total. The highest BCUT2D eigenvalue weighted by atomic mass is 16.5. The first-order chi connectivity index (χ1) is 16.0. The van der Waals surface area contributed by atoms with Crippen molar-refractivity contribution in [1.29, 1.82) is 0 Å². The minimum Gasteiger partial charge on any atom is -0.481 e. The molecule has 1 saturated heterocycles. The molecule has 0 spiro atoms. The summed E-state index contributed by atoms with van der Waals surface area (Å²) < 4.78 is 5.50. The quantitative estimate of drug-likeness (QED) is 0.629. The molecule has 172 valence electrons. The van der Waals surface area contributed by atoms with Crippen LogP contribution in [0.1, 0.15) is 36.3 Å². The number of carbonyl (C=O) groups is 3. The van der Waals surface area contributed by atoms with Crippen molar-refractivity contribution in [3.63, 3.8) is 0 Å². The van der Waals surface area contributed by atoms with Crippen molar-refractivity contribution in [3.8, 4) is 11.1 Å². The second-order valence-electron chi connectivity index (χ2n) is 8.52. The molecule has 7 heteroatoms. The Labute approximate surface area is 193 Å². The summed E-state index contributed by atoms with van der Waals surface area (Å²) >= 11 is 0. The number of allylic oxidation sites excluding steroid dienone is 1. The van der Waals surface area contributed by atoms with Crippen molar-refractivity contribution in [2.24, 2.45) is 5.92 Å². The van der Waals surface area contributed by atoms with Gasteiger partial charge in [0.05, 0.1) is 6.42 Å². The van der Waals surface area contributed by atoms with Gasteiger partial charge in [-0.2, -0.15) is 0 Å². The zero-order valence-electron chi connectivity index (χ0n) is 18.4. The third kappa shape index (κ3) is 4.92. The number of hydrogen-bond acceptors (Lipinski definition) is 4. The lowest BCUT2D eigenvalue weighted by Gasteiger charge is -2.33. The van der Waals surface area contributed by atoms with Gasteiger partial charge in [-0.25, -0.2) is 4.79 Å². The first-order valence-corrected chi connectivity index (χ1v) is 11.2. The predicted octanol–water partition coefficient (Wildman–Crippen LogP) is 3.79. The van der Waals surface area contributed by atoms with Crippen LogP contribution in [0.5, 0.6) is 0 Å². The second kappa shape index (κ2) is 9.90. The standard InChI is InChI=1S/C26H28N2O5/c1-2-17-11-13-28(14-12-17)25(31)23(15-24(29)30)27-26(32)33-16-22-20-9-5-3-7-18(20)19-8-4-6-10-21(19)22/h2-10,17,22-23H,1,11-16H2,(H,27,32)(H,29,30). The number of rotatable bonds is 7. The van der Waals surface area contributed by atoms with Gasteiger partial charge >= 0.3 is 12.1 Å². The largest absolute Gasteiger partial charge is 0.481 e. The van der Waals surface area contributed by atoms with Crippen LogP contribution < -0.4 is 5.32 Å². The lowest BCUT2D eigenvalue weighted by atomic mass is 9.96. The van der Waals surface area contributed by atoms with Crippen molar-refractivity contribution in [3.05, 3.63) is 72.3 Å². The predicted molar refractivity (Wildman–Crippen MR) is 124 cm³/mol. The molecule has 2 N–H and O–H groups in total. The Morgan fingerprint density at radius 3 is 2.18 bits per heavy atom. The van der Waals surface area contributed by atoms with Crippen LogP contribution >= 0.6 is 0 Å². The highest BCUT2D eigenvalue weighted by Crippen LogP contribution is 2.44. The molecule has 1 fully saturated rings. The Bertz CT molecular complexity index is 1010. The van der Waals surface area contributed by atoms with Crippen LogP contribution in [0.25, 0.3) is 11.1 Å². The molecule has 1 atom stereocenters. The van der Waals surface area contributed by atoms with Gasteiger partial charge in [-0.15, -0.1) is 6.58 Å². The smallest absolute Gasteiger partial charge is 0.407 e. The molecule has 2 aromatic rings. The van der Waals surface area contributed by atoms with E-state index in [0.717, 1.165) is 35.1 Å². The van der Waals surface area contributed by atoms with Crippen LogP contribution in [0.4, 0.5) is 4.79 Å². The van der Waals surface area contributed by atoms with Crippen LogP contribution in [0, 0.1) is 5.92 Å². The van der Waals surface area contributed by atoms with Crippen LogP contribution in [0.2, 0.25) is 0 Å². The van der Waals surface area contributed by atoms with Gasteiger partial charge in [0.1, 0.15) is 12.6 Å². The van der Waals surface area contributed by atoms with E-state index < -0.39 is 30.4 Å². The van der Waals surface area contributed by atoms with Crippen molar-refractivity contribution in [2.75, 3.05) is 19.7 Å². The first-order valence-electron chi connectivity index (χ1n) is 11.2. The molecule has 0 saturated carbocycles. The molecule has 1 unspecified atom stereocenters. The Balaban J connectivity index is 1.41. The number of carboxylic acid groups (broad SMARTS) is 1. The summed E-state index contributed by atoms with van der Waals surface area (Å²) in [5.41, 5.74) is 4.39. The van der Waals surface area contributed by atoms with E-state index in [1.165, 1.54) is 0 Å². The maximum Gasteiger partial charge on any atom is 0.407 e. The molecule has 33 heavy (non-hydrogen) atoms. The minimum atomic E-state index is -1.17. The summed E-state index contributed by atoms with van der Waals surface area (Å²) in [7, 11) is 0. The molecule has 0 bridgehead atoms. The minimum absolute atomic E-state index is 0.0958. The molecule has 0 radical (unpaired) electrons. The third-order valence-corrected chi connectivity index (χ3v) is 6.50. The molecule has 4 rings (SSSR count). The fourth-order valence-corrected chi connectivity index (χ4v) is 4.73. The Morgan fingerprint density at radius 1 is 1.06 bits per heavy atom.